The topological polar surface area (TPSA) is 82.5 Å². The Morgan fingerprint density at radius 1 is 1.34 bits per heavy atom. The zero-order valence-electron chi connectivity index (χ0n) is 16.1. The lowest BCUT2D eigenvalue weighted by atomic mass is 10.1. The number of aromatic nitrogens is 1. The van der Waals surface area contributed by atoms with Crippen molar-refractivity contribution in [2.24, 2.45) is 11.8 Å². The quantitative estimate of drug-likeness (QED) is 0.490. The lowest BCUT2D eigenvalue weighted by Gasteiger charge is -2.25. The molecule has 156 valence electrons. The molecule has 1 saturated carbocycles. The Morgan fingerprint density at radius 2 is 2.03 bits per heavy atom. The van der Waals surface area contributed by atoms with Crippen LogP contribution in [-0.2, 0) is 4.79 Å². The Bertz CT molecular complexity index is 838. The third-order valence-corrected chi connectivity index (χ3v) is 7.51. The Hall–Kier alpha value is -1.77. The summed E-state index contributed by atoms with van der Waals surface area (Å²) < 4.78 is 0.877. The van der Waals surface area contributed by atoms with Crippen molar-refractivity contribution in [3.8, 4) is 0 Å². The standard InChI is InChI=1S/C20H24ClN3O3S2/c1-13(18(25)26)12-28-17-10-22-19(29-17)23-20(27)24(11-14-4-2-3-5-14)16-8-6-15(21)7-9-16/h6-10,13-14H,2-5,11-12H2,1H3,(H,25,26)(H,22,23,27). The van der Waals surface area contributed by atoms with Crippen molar-refractivity contribution in [1.29, 1.82) is 0 Å². The van der Waals surface area contributed by atoms with Gasteiger partial charge in [0.1, 0.15) is 0 Å². The zero-order valence-corrected chi connectivity index (χ0v) is 18.5. The van der Waals surface area contributed by atoms with E-state index in [9.17, 15) is 9.59 Å². The summed E-state index contributed by atoms with van der Waals surface area (Å²) in [5, 5.41) is 13.0. The van der Waals surface area contributed by atoms with Crippen LogP contribution in [0.1, 0.15) is 32.6 Å². The molecule has 6 nitrogen and oxygen atoms in total. The summed E-state index contributed by atoms with van der Waals surface area (Å²) in [6.45, 7) is 2.34. The van der Waals surface area contributed by atoms with Gasteiger partial charge in [0.2, 0.25) is 0 Å². The molecular formula is C20H24ClN3O3S2. The number of thiazole rings is 1. The number of carboxylic acids is 1. The summed E-state index contributed by atoms with van der Waals surface area (Å²) >= 11 is 8.79. The van der Waals surface area contributed by atoms with Gasteiger partial charge in [-0.15, -0.1) is 11.8 Å². The first-order chi connectivity index (χ1) is 13.9. The van der Waals surface area contributed by atoms with Crippen LogP contribution in [0.15, 0.2) is 34.7 Å². The van der Waals surface area contributed by atoms with Crippen LogP contribution in [0.2, 0.25) is 5.02 Å². The number of carboxylic acid groups (broad SMARTS) is 1. The molecule has 1 aliphatic rings. The van der Waals surface area contributed by atoms with Gasteiger partial charge < -0.3 is 5.11 Å². The van der Waals surface area contributed by atoms with Crippen LogP contribution in [0.4, 0.5) is 15.6 Å². The molecule has 2 amide bonds. The molecule has 0 bridgehead atoms. The Morgan fingerprint density at radius 3 is 2.69 bits per heavy atom. The smallest absolute Gasteiger partial charge is 0.328 e. The number of halogens is 1. The van der Waals surface area contributed by atoms with Crippen molar-refractivity contribution in [2.45, 2.75) is 36.8 Å². The molecule has 0 radical (unpaired) electrons. The number of carbonyl (C=O) groups excluding carboxylic acids is 1. The third kappa shape index (κ3) is 6.35. The van der Waals surface area contributed by atoms with Gasteiger partial charge in [0, 0.05) is 23.0 Å². The molecule has 2 aromatic rings. The maximum absolute atomic E-state index is 13.0. The lowest BCUT2D eigenvalue weighted by molar-refractivity contribution is -0.140. The zero-order chi connectivity index (χ0) is 20.8. The predicted octanol–water partition coefficient (Wildman–Crippen LogP) is 5.84. The van der Waals surface area contributed by atoms with E-state index in [4.69, 9.17) is 16.7 Å². The van der Waals surface area contributed by atoms with Crippen molar-refractivity contribution in [3.05, 3.63) is 35.5 Å². The predicted molar refractivity (Wildman–Crippen MR) is 119 cm³/mol. The number of hydrogen-bond donors (Lipinski definition) is 2. The Kier molecular flexibility index (Phi) is 7.80. The minimum Gasteiger partial charge on any atom is -0.481 e. The average molecular weight is 454 g/mol. The van der Waals surface area contributed by atoms with E-state index in [1.807, 2.05) is 12.1 Å². The SMILES string of the molecule is CC(CSc1cnc(NC(=O)N(CC2CCCC2)c2ccc(Cl)cc2)s1)C(=O)O. The molecule has 1 fully saturated rings. The van der Waals surface area contributed by atoms with Gasteiger partial charge in [-0.25, -0.2) is 9.78 Å². The first-order valence-electron chi connectivity index (χ1n) is 9.58. The van der Waals surface area contributed by atoms with Crippen molar-refractivity contribution in [1.82, 2.24) is 4.98 Å². The van der Waals surface area contributed by atoms with Gasteiger partial charge in [0.15, 0.2) is 5.13 Å². The first kappa shape index (κ1) is 21.9. The van der Waals surface area contributed by atoms with Crippen LogP contribution >= 0.6 is 34.7 Å². The maximum Gasteiger partial charge on any atom is 0.328 e. The highest BCUT2D eigenvalue weighted by molar-refractivity contribution is 8.01. The van der Waals surface area contributed by atoms with E-state index in [2.05, 4.69) is 10.3 Å². The van der Waals surface area contributed by atoms with Crippen molar-refractivity contribution in [3.63, 3.8) is 0 Å². The van der Waals surface area contributed by atoms with Gasteiger partial charge in [-0.1, -0.05) is 42.7 Å². The number of hydrogen-bond acceptors (Lipinski definition) is 5. The van der Waals surface area contributed by atoms with E-state index in [1.54, 1.807) is 30.2 Å². The molecule has 0 spiro atoms. The van der Waals surface area contributed by atoms with Gasteiger partial charge in [0.25, 0.3) is 0 Å². The average Bonchev–Trinajstić information content (AvgIpc) is 3.36. The minimum atomic E-state index is -0.818. The van der Waals surface area contributed by atoms with Crippen LogP contribution in [0.5, 0.6) is 0 Å². The number of nitrogens with one attached hydrogen (secondary N) is 1. The number of benzene rings is 1. The fourth-order valence-electron chi connectivity index (χ4n) is 3.20. The maximum atomic E-state index is 13.0. The Balaban J connectivity index is 1.66. The van der Waals surface area contributed by atoms with Crippen LogP contribution in [0.25, 0.3) is 0 Å². The minimum absolute atomic E-state index is 0.218. The van der Waals surface area contributed by atoms with Gasteiger partial charge in [0.05, 0.1) is 16.3 Å². The highest BCUT2D eigenvalue weighted by Gasteiger charge is 2.24. The van der Waals surface area contributed by atoms with Crippen LogP contribution in [0.3, 0.4) is 0 Å². The van der Waals surface area contributed by atoms with E-state index >= 15 is 0 Å². The van der Waals surface area contributed by atoms with E-state index in [-0.39, 0.29) is 6.03 Å². The number of anilines is 2. The lowest BCUT2D eigenvalue weighted by Crippen LogP contribution is -2.38. The largest absolute Gasteiger partial charge is 0.481 e. The second kappa shape index (κ2) is 10.3. The normalized spacial score (nSPS) is 15.2. The van der Waals surface area contributed by atoms with E-state index < -0.39 is 11.9 Å². The summed E-state index contributed by atoms with van der Waals surface area (Å²) in [7, 11) is 0. The van der Waals surface area contributed by atoms with Gasteiger partial charge >= 0.3 is 12.0 Å². The molecule has 3 rings (SSSR count). The Labute approximate surface area is 183 Å². The highest BCUT2D eigenvalue weighted by Crippen LogP contribution is 2.31. The second-order valence-electron chi connectivity index (χ2n) is 7.20. The summed E-state index contributed by atoms with van der Waals surface area (Å²) in [4.78, 5) is 30.0. The monoisotopic (exact) mass is 453 g/mol. The molecule has 1 heterocycles. The summed E-state index contributed by atoms with van der Waals surface area (Å²) in [5.74, 6) is -0.298. The molecular weight excluding hydrogens is 430 g/mol. The second-order valence-corrected chi connectivity index (χ2v) is 9.99. The number of amides is 2. The van der Waals surface area contributed by atoms with E-state index in [1.165, 1.54) is 35.9 Å². The van der Waals surface area contributed by atoms with Crippen molar-refractivity contribution in [2.75, 3.05) is 22.5 Å². The third-order valence-electron chi connectivity index (χ3n) is 4.89. The molecule has 0 aliphatic heterocycles. The summed E-state index contributed by atoms with van der Waals surface area (Å²) in [5.41, 5.74) is 0.806. The van der Waals surface area contributed by atoms with Crippen molar-refractivity contribution >= 4 is 57.5 Å². The number of carbonyl (C=O) groups is 2. The number of thioether (sulfide) groups is 1. The molecule has 0 saturated heterocycles. The fourth-order valence-corrected chi connectivity index (χ4v) is 5.23. The van der Waals surface area contributed by atoms with Crippen molar-refractivity contribution < 1.29 is 14.7 Å². The van der Waals surface area contributed by atoms with E-state index in [0.29, 0.717) is 28.4 Å². The number of nitrogens with zero attached hydrogens (tertiary/aromatic N) is 2. The summed E-state index contributed by atoms with van der Waals surface area (Å²) in [6, 6.07) is 7.06. The van der Waals surface area contributed by atoms with Gasteiger partial charge in [-0.05, 0) is 43.0 Å². The highest BCUT2D eigenvalue weighted by atomic mass is 35.5. The molecule has 1 aliphatic carbocycles. The molecule has 1 unspecified atom stereocenters. The number of aliphatic carboxylic acids is 1. The number of urea groups is 1. The molecule has 1 atom stereocenters. The van der Waals surface area contributed by atoms with Crippen LogP contribution in [-0.4, -0.2) is 34.4 Å². The molecule has 1 aromatic heterocycles. The molecule has 2 N–H and O–H groups in total. The van der Waals surface area contributed by atoms with Gasteiger partial charge in [-0.3, -0.25) is 15.0 Å². The number of rotatable bonds is 8. The fraction of sp³-hybridized carbons (Fsp3) is 0.450. The van der Waals surface area contributed by atoms with E-state index in [0.717, 1.165) is 22.7 Å². The van der Waals surface area contributed by atoms with Gasteiger partial charge in [-0.2, -0.15) is 0 Å². The van der Waals surface area contributed by atoms with Crippen LogP contribution in [0, 0.1) is 11.8 Å². The summed E-state index contributed by atoms with van der Waals surface area (Å²) in [6.07, 6.45) is 6.36. The van der Waals surface area contributed by atoms with Crippen LogP contribution < -0.4 is 10.2 Å². The molecule has 1 aromatic carbocycles. The first-order valence-corrected chi connectivity index (χ1v) is 11.8. The molecule has 9 heteroatoms. The molecule has 29 heavy (non-hydrogen) atoms.